The van der Waals surface area contributed by atoms with E-state index in [2.05, 4.69) is 35.0 Å². The third kappa shape index (κ3) is 1.59. The van der Waals surface area contributed by atoms with E-state index in [0.717, 1.165) is 49.0 Å². The van der Waals surface area contributed by atoms with Crippen molar-refractivity contribution in [2.45, 2.75) is 45.2 Å². The van der Waals surface area contributed by atoms with E-state index in [1.807, 2.05) is 0 Å². The molecule has 1 atom stereocenters. The van der Waals surface area contributed by atoms with Crippen LogP contribution in [-0.4, -0.2) is 22.9 Å². The van der Waals surface area contributed by atoms with Gasteiger partial charge in [-0.1, -0.05) is 24.6 Å². The lowest BCUT2D eigenvalue weighted by Gasteiger charge is -2.22. The van der Waals surface area contributed by atoms with Gasteiger partial charge < -0.3 is 9.88 Å². The first-order chi connectivity index (χ1) is 9.77. The van der Waals surface area contributed by atoms with Crippen LogP contribution in [0.4, 0.5) is 0 Å². The van der Waals surface area contributed by atoms with E-state index in [9.17, 15) is 4.79 Å². The largest absolute Gasteiger partial charge is 0.344 e. The van der Waals surface area contributed by atoms with Gasteiger partial charge in [-0.25, -0.2) is 0 Å². The number of para-hydroxylation sites is 1. The molecule has 0 aliphatic carbocycles. The Morgan fingerprint density at radius 3 is 3.05 bits per heavy atom. The van der Waals surface area contributed by atoms with Gasteiger partial charge >= 0.3 is 0 Å². The van der Waals surface area contributed by atoms with E-state index in [4.69, 9.17) is 0 Å². The molecule has 2 aliphatic heterocycles. The zero-order valence-electron chi connectivity index (χ0n) is 11.9. The van der Waals surface area contributed by atoms with Gasteiger partial charge in [0.1, 0.15) is 0 Å². The lowest BCUT2D eigenvalue weighted by molar-refractivity contribution is 0.0928. The number of Topliss-reactive ketones (excluding diaryl/α,β-unsaturated/α-hetero) is 1. The smallest absolute Gasteiger partial charge is 0.182 e. The number of hydrogen-bond acceptors (Lipinski definition) is 2. The van der Waals surface area contributed by atoms with Crippen molar-refractivity contribution in [3.63, 3.8) is 0 Å². The minimum Gasteiger partial charge on any atom is -0.344 e. The second kappa shape index (κ2) is 4.45. The molecule has 0 saturated carbocycles. The third-order valence-electron chi connectivity index (χ3n) is 4.90. The topological polar surface area (TPSA) is 34.0 Å². The molecule has 0 bridgehead atoms. The number of nitrogens with zero attached hydrogens (tertiary/aromatic N) is 1. The second-order valence-electron chi connectivity index (χ2n) is 6.04. The van der Waals surface area contributed by atoms with E-state index >= 15 is 0 Å². The summed E-state index contributed by atoms with van der Waals surface area (Å²) in [6, 6.07) is 6.42. The highest BCUT2D eigenvalue weighted by molar-refractivity contribution is 6.12. The van der Waals surface area contributed by atoms with Crippen LogP contribution in [-0.2, 0) is 13.0 Å². The Labute approximate surface area is 119 Å². The predicted octanol–water partition coefficient (Wildman–Crippen LogP) is 2.83. The summed E-state index contributed by atoms with van der Waals surface area (Å²) >= 11 is 0. The molecule has 3 heteroatoms. The number of nitrogens with one attached hydrogen (secondary N) is 1. The fraction of sp³-hybridized carbons (Fsp3) is 0.471. The van der Waals surface area contributed by atoms with E-state index in [0.29, 0.717) is 5.78 Å². The number of benzene rings is 1. The van der Waals surface area contributed by atoms with Crippen LogP contribution >= 0.6 is 0 Å². The Balaban J connectivity index is 1.86. The summed E-state index contributed by atoms with van der Waals surface area (Å²) in [5.41, 5.74) is 4.80. The number of rotatable bonds is 2. The molecule has 1 aromatic heterocycles. The standard InChI is InChI=1S/C17H20N2O/c1-11-15(17(20)14-7-2-3-9-18-14)13-6-4-5-12-8-10-19(11)16(12)13/h4-6,14,18H,2-3,7-10H2,1H3. The number of ketones is 1. The van der Waals surface area contributed by atoms with Crippen LogP contribution < -0.4 is 5.32 Å². The number of aryl methyl sites for hydroxylation is 2. The number of piperidine rings is 1. The zero-order valence-corrected chi connectivity index (χ0v) is 11.9. The summed E-state index contributed by atoms with van der Waals surface area (Å²) in [7, 11) is 0. The summed E-state index contributed by atoms with van der Waals surface area (Å²) in [5.74, 6) is 0.296. The molecule has 2 aliphatic rings. The fourth-order valence-electron chi connectivity index (χ4n) is 3.88. The lowest BCUT2D eigenvalue weighted by Crippen LogP contribution is -2.40. The maximum Gasteiger partial charge on any atom is 0.182 e. The van der Waals surface area contributed by atoms with Gasteiger partial charge in [-0.05, 0) is 38.3 Å². The first kappa shape index (κ1) is 12.2. The van der Waals surface area contributed by atoms with Gasteiger partial charge in [0.2, 0.25) is 0 Å². The maximum absolute atomic E-state index is 12.9. The lowest BCUT2D eigenvalue weighted by atomic mass is 9.94. The SMILES string of the molecule is Cc1c(C(=O)C2CCCCN2)c2cccc3c2n1CC3. The molecule has 0 amide bonds. The van der Waals surface area contributed by atoms with Gasteiger partial charge in [0.05, 0.1) is 11.6 Å². The molecule has 1 N–H and O–H groups in total. The highest BCUT2D eigenvalue weighted by Gasteiger charge is 2.29. The van der Waals surface area contributed by atoms with Crippen molar-refractivity contribution in [3.8, 4) is 0 Å². The average Bonchev–Trinajstić information content (AvgIpc) is 3.04. The molecule has 1 aromatic carbocycles. The molecule has 3 heterocycles. The molecule has 2 aromatic rings. The summed E-state index contributed by atoms with van der Waals surface area (Å²) in [4.78, 5) is 12.9. The van der Waals surface area contributed by atoms with E-state index in [1.165, 1.54) is 17.5 Å². The fourth-order valence-corrected chi connectivity index (χ4v) is 3.88. The van der Waals surface area contributed by atoms with Gasteiger partial charge in [-0.15, -0.1) is 0 Å². The van der Waals surface area contributed by atoms with Gasteiger partial charge in [-0.2, -0.15) is 0 Å². The van der Waals surface area contributed by atoms with Crippen LogP contribution in [0, 0.1) is 6.92 Å². The minimum absolute atomic E-state index is 0.0181. The van der Waals surface area contributed by atoms with Gasteiger partial charge in [0.25, 0.3) is 0 Å². The Hall–Kier alpha value is -1.61. The maximum atomic E-state index is 12.9. The van der Waals surface area contributed by atoms with E-state index < -0.39 is 0 Å². The Bertz CT molecular complexity index is 693. The van der Waals surface area contributed by atoms with E-state index in [-0.39, 0.29) is 6.04 Å². The summed E-state index contributed by atoms with van der Waals surface area (Å²) in [6.07, 6.45) is 4.43. The van der Waals surface area contributed by atoms with Crippen molar-refractivity contribution in [3.05, 3.63) is 35.0 Å². The predicted molar refractivity (Wildman–Crippen MR) is 80.4 cm³/mol. The molecule has 104 valence electrons. The van der Waals surface area contributed by atoms with Crippen molar-refractivity contribution in [2.75, 3.05) is 6.54 Å². The van der Waals surface area contributed by atoms with Crippen molar-refractivity contribution in [2.24, 2.45) is 0 Å². The van der Waals surface area contributed by atoms with E-state index in [1.54, 1.807) is 0 Å². The molecular weight excluding hydrogens is 248 g/mol. The normalized spacial score (nSPS) is 21.6. The quantitative estimate of drug-likeness (QED) is 0.850. The Morgan fingerprint density at radius 1 is 1.35 bits per heavy atom. The van der Waals surface area contributed by atoms with Crippen molar-refractivity contribution >= 4 is 16.7 Å². The zero-order chi connectivity index (χ0) is 13.7. The number of aromatic nitrogens is 1. The molecule has 0 radical (unpaired) electrons. The Kier molecular flexibility index (Phi) is 2.71. The molecule has 4 rings (SSSR count). The molecule has 1 saturated heterocycles. The summed E-state index contributed by atoms with van der Waals surface area (Å²) in [6.45, 7) is 4.09. The van der Waals surface area contributed by atoms with Crippen LogP contribution in [0.15, 0.2) is 18.2 Å². The summed E-state index contributed by atoms with van der Waals surface area (Å²) < 4.78 is 2.33. The highest BCUT2D eigenvalue weighted by atomic mass is 16.1. The Morgan fingerprint density at radius 2 is 2.25 bits per heavy atom. The first-order valence-corrected chi connectivity index (χ1v) is 7.65. The monoisotopic (exact) mass is 268 g/mol. The van der Waals surface area contributed by atoms with Crippen molar-refractivity contribution < 1.29 is 4.79 Å². The van der Waals surface area contributed by atoms with Crippen LogP contribution in [0.5, 0.6) is 0 Å². The summed E-state index contributed by atoms with van der Waals surface area (Å²) in [5, 5.41) is 4.55. The number of hydrogen-bond donors (Lipinski definition) is 1. The van der Waals surface area contributed by atoms with Crippen molar-refractivity contribution in [1.82, 2.24) is 9.88 Å². The van der Waals surface area contributed by atoms with Gasteiger partial charge in [0.15, 0.2) is 5.78 Å². The van der Waals surface area contributed by atoms with Gasteiger partial charge in [-0.3, -0.25) is 4.79 Å². The molecule has 1 unspecified atom stereocenters. The second-order valence-corrected chi connectivity index (χ2v) is 6.04. The molecule has 20 heavy (non-hydrogen) atoms. The minimum atomic E-state index is 0.0181. The molecule has 0 spiro atoms. The average molecular weight is 268 g/mol. The number of carbonyl (C=O) groups is 1. The highest BCUT2D eigenvalue weighted by Crippen LogP contribution is 2.34. The number of carbonyl (C=O) groups excluding carboxylic acids is 1. The van der Waals surface area contributed by atoms with Crippen molar-refractivity contribution in [1.29, 1.82) is 0 Å². The van der Waals surface area contributed by atoms with Gasteiger partial charge in [0, 0.05) is 23.2 Å². The third-order valence-corrected chi connectivity index (χ3v) is 4.90. The van der Waals surface area contributed by atoms with Crippen LogP contribution in [0.25, 0.3) is 10.9 Å². The molecule has 3 nitrogen and oxygen atoms in total. The molecular formula is C17H20N2O. The van der Waals surface area contributed by atoms with Crippen LogP contribution in [0.3, 0.4) is 0 Å². The van der Waals surface area contributed by atoms with Crippen LogP contribution in [0.2, 0.25) is 0 Å². The molecule has 1 fully saturated rings. The first-order valence-electron chi connectivity index (χ1n) is 7.65. The van der Waals surface area contributed by atoms with Crippen LogP contribution in [0.1, 0.15) is 40.9 Å².